The molecule has 1 aliphatic carbocycles. The number of nitrogens with zero attached hydrogens (tertiary/aromatic N) is 3. The number of anilines is 1. The van der Waals surface area contributed by atoms with Gasteiger partial charge in [-0.25, -0.2) is 14.5 Å². The minimum Gasteiger partial charge on any atom is -0.464 e. The van der Waals surface area contributed by atoms with Gasteiger partial charge in [0.2, 0.25) is 0 Å². The highest BCUT2D eigenvalue weighted by Gasteiger charge is 2.62. The Labute approximate surface area is 154 Å². The van der Waals surface area contributed by atoms with Gasteiger partial charge in [-0.1, -0.05) is 6.92 Å². The molecule has 0 aliphatic heterocycles. The summed E-state index contributed by atoms with van der Waals surface area (Å²) < 4.78 is 44.6. The maximum absolute atomic E-state index is 12.6. The number of esters is 1. The van der Waals surface area contributed by atoms with E-state index in [1.807, 2.05) is 0 Å². The average molecular weight is 435 g/mol. The molecule has 7 nitrogen and oxygen atoms in total. The number of ether oxygens (including phenoxy) is 1. The number of fused-ring (bicyclic) bond motifs is 1. The molecule has 0 aromatic carbocycles. The molecule has 2 aromatic rings. The lowest BCUT2D eigenvalue weighted by Gasteiger charge is -2.16. The van der Waals surface area contributed by atoms with E-state index < -0.39 is 23.6 Å². The van der Waals surface area contributed by atoms with Gasteiger partial charge in [0.25, 0.3) is 0 Å². The van der Waals surface area contributed by atoms with E-state index in [1.54, 1.807) is 19.2 Å². The number of rotatable bonds is 4. The van der Waals surface area contributed by atoms with Crippen LogP contribution < -0.4 is 5.32 Å². The molecule has 0 saturated heterocycles. The standard InChI is InChI=1S/C15H14BrF3N4O3/c1-3-26-13(25)14(6-7(14)2)23-11-8(4-5-9(16)20-11)10(22-23)21-12(24)15(17,18)19/h4-5,7H,3,6H2,1-2H3,(H,21,22,24)/t7-,14-/m0/s1. The largest absolute Gasteiger partial charge is 0.471 e. The van der Waals surface area contributed by atoms with Crippen LogP contribution in [0.2, 0.25) is 0 Å². The van der Waals surface area contributed by atoms with E-state index in [4.69, 9.17) is 4.74 Å². The molecule has 140 valence electrons. The Hall–Kier alpha value is -2.17. The number of nitrogens with one attached hydrogen (secondary N) is 1. The predicted octanol–water partition coefficient (Wildman–Crippen LogP) is 2.99. The number of carbonyl (C=O) groups excluding carboxylic acids is 2. The van der Waals surface area contributed by atoms with Gasteiger partial charge in [0.15, 0.2) is 17.0 Å². The SMILES string of the molecule is CCOC(=O)[C@]1(n2nc(NC(=O)C(F)(F)F)c3ccc(Br)nc32)C[C@@H]1C. The van der Waals surface area contributed by atoms with Gasteiger partial charge in [-0.15, -0.1) is 0 Å². The van der Waals surface area contributed by atoms with Crippen molar-refractivity contribution in [2.24, 2.45) is 5.92 Å². The molecule has 0 unspecified atom stereocenters. The summed E-state index contributed by atoms with van der Waals surface area (Å²) in [5.41, 5.74) is -0.974. The molecule has 1 fully saturated rings. The fraction of sp³-hybridized carbons (Fsp3) is 0.467. The van der Waals surface area contributed by atoms with Crippen LogP contribution in [0.3, 0.4) is 0 Å². The van der Waals surface area contributed by atoms with Crippen LogP contribution in [-0.4, -0.2) is 39.4 Å². The Bertz CT molecular complexity index is 898. The maximum atomic E-state index is 12.6. The fourth-order valence-corrected chi connectivity index (χ4v) is 3.15. The van der Waals surface area contributed by atoms with Crippen molar-refractivity contribution in [1.29, 1.82) is 0 Å². The number of hydrogen-bond acceptors (Lipinski definition) is 5. The second-order valence-electron chi connectivity index (χ2n) is 5.97. The Balaban J connectivity index is 2.13. The molecule has 1 saturated carbocycles. The van der Waals surface area contributed by atoms with Crippen LogP contribution in [0.4, 0.5) is 19.0 Å². The summed E-state index contributed by atoms with van der Waals surface area (Å²) >= 11 is 3.19. The van der Waals surface area contributed by atoms with Gasteiger partial charge in [-0.3, -0.25) is 4.79 Å². The van der Waals surface area contributed by atoms with Crippen molar-refractivity contribution >= 4 is 44.7 Å². The number of halogens is 4. The highest BCUT2D eigenvalue weighted by Crippen LogP contribution is 2.52. The monoisotopic (exact) mass is 434 g/mol. The molecule has 1 aliphatic rings. The zero-order valence-corrected chi connectivity index (χ0v) is 15.3. The van der Waals surface area contributed by atoms with E-state index in [2.05, 4.69) is 26.0 Å². The summed E-state index contributed by atoms with van der Waals surface area (Å²) in [4.78, 5) is 28.0. The number of alkyl halides is 3. The zero-order chi connectivity index (χ0) is 19.3. The van der Waals surface area contributed by atoms with Gasteiger partial charge in [0, 0.05) is 0 Å². The molecule has 11 heteroatoms. The number of hydrogen-bond donors (Lipinski definition) is 1. The number of carbonyl (C=O) groups is 2. The first-order chi connectivity index (χ1) is 12.1. The first-order valence-corrected chi connectivity index (χ1v) is 8.51. The van der Waals surface area contributed by atoms with Gasteiger partial charge in [-0.05, 0) is 47.3 Å². The quantitative estimate of drug-likeness (QED) is 0.590. The van der Waals surface area contributed by atoms with Gasteiger partial charge < -0.3 is 10.1 Å². The number of pyridine rings is 1. The van der Waals surface area contributed by atoms with Crippen molar-refractivity contribution in [3.05, 3.63) is 16.7 Å². The van der Waals surface area contributed by atoms with Gasteiger partial charge in [0.1, 0.15) is 4.60 Å². The molecule has 0 radical (unpaired) electrons. The van der Waals surface area contributed by atoms with E-state index in [9.17, 15) is 22.8 Å². The molecule has 3 rings (SSSR count). The highest BCUT2D eigenvalue weighted by molar-refractivity contribution is 9.10. The lowest BCUT2D eigenvalue weighted by Crippen LogP contribution is -2.33. The minimum absolute atomic E-state index is 0.142. The topological polar surface area (TPSA) is 86.1 Å². The van der Waals surface area contributed by atoms with E-state index in [0.29, 0.717) is 11.0 Å². The Morgan fingerprint density at radius 2 is 2.12 bits per heavy atom. The molecule has 0 bridgehead atoms. The Morgan fingerprint density at radius 3 is 2.65 bits per heavy atom. The van der Waals surface area contributed by atoms with Crippen LogP contribution in [0.15, 0.2) is 16.7 Å². The van der Waals surface area contributed by atoms with Crippen LogP contribution in [0.25, 0.3) is 11.0 Å². The first kappa shape index (κ1) is 18.6. The van der Waals surface area contributed by atoms with Crippen molar-refractivity contribution in [3.8, 4) is 0 Å². The van der Waals surface area contributed by atoms with Gasteiger partial charge in [0.05, 0.1) is 12.0 Å². The van der Waals surface area contributed by atoms with E-state index in [1.165, 1.54) is 16.8 Å². The van der Waals surface area contributed by atoms with Crippen molar-refractivity contribution < 1.29 is 27.5 Å². The predicted molar refractivity (Wildman–Crippen MR) is 88.3 cm³/mol. The zero-order valence-electron chi connectivity index (χ0n) is 13.7. The van der Waals surface area contributed by atoms with Crippen molar-refractivity contribution in [2.45, 2.75) is 32.0 Å². The van der Waals surface area contributed by atoms with Crippen molar-refractivity contribution in [3.63, 3.8) is 0 Å². The second kappa shape index (κ2) is 6.22. The summed E-state index contributed by atoms with van der Waals surface area (Å²) in [7, 11) is 0. The van der Waals surface area contributed by atoms with Crippen LogP contribution in [0.5, 0.6) is 0 Å². The third-order valence-corrected chi connectivity index (χ3v) is 4.71. The molecule has 1 amide bonds. The number of amides is 1. The summed E-state index contributed by atoms with van der Waals surface area (Å²) in [5, 5.41) is 6.01. The molecule has 2 atom stereocenters. The highest BCUT2D eigenvalue weighted by atomic mass is 79.9. The smallest absolute Gasteiger partial charge is 0.464 e. The molecule has 1 N–H and O–H groups in total. The van der Waals surface area contributed by atoms with Crippen LogP contribution in [-0.2, 0) is 19.9 Å². The first-order valence-electron chi connectivity index (χ1n) is 7.72. The third kappa shape index (κ3) is 2.93. The van der Waals surface area contributed by atoms with E-state index in [-0.39, 0.29) is 29.4 Å². The minimum atomic E-state index is -5.06. The summed E-state index contributed by atoms with van der Waals surface area (Å²) in [5.74, 6) is -3.14. The Morgan fingerprint density at radius 1 is 1.46 bits per heavy atom. The van der Waals surface area contributed by atoms with Crippen molar-refractivity contribution in [1.82, 2.24) is 14.8 Å². The fourth-order valence-electron chi connectivity index (χ4n) is 2.85. The van der Waals surface area contributed by atoms with Crippen LogP contribution >= 0.6 is 15.9 Å². The molecular formula is C15H14BrF3N4O3. The summed E-state index contributed by atoms with van der Waals surface area (Å²) in [6, 6.07) is 2.97. The normalized spacial score (nSPS) is 22.3. The lowest BCUT2D eigenvalue weighted by atomic mass is 10.2. The van der Waals surface area contributed by atoms with Crippen LogP contribution in [0, 0.1) is 5.92 Å². The third-order valence-electron chi connectivity index (χ3n) is 4.27. The number of aromatic nitrogens is 3. The van der Waals surface area contributed by atoms with Crippen molar-refractivity contribution in [2.75, 3.05) is 11.9 Å². The maximum Gasteiger partial charge on any atom is 0.471 e. The molecule has 2 aromatic heterocycles. The van der Waals surface area contributed by atoms with E-state index in [0.717, 1.165) is 0 Å². The lowest BCUT2D eigenvalue weighted by molar-refractivity contribution is -0.167. The average Bonchev–Trinajstić information content (AvgIpc) is 3.10. The van der Waals surface area contributed by atoms with E-state index >= 15 is 0 Å². The molecule has 2 heterocycles. The summed E-state index contributed by atoms with van der Waals surface area (Å²) in [6.45, 7) is 3.61. The summed E-state index contributed by atoms with van der Waals surface area (Å²) in [6.07, 6.45) is -4.66. The van der Waals surface area contributed by atoms with Crippen LogP contribution in [0.1, 0.15) is 20.3 Å². The Kier molecular flexibility index (Phi) is 4.45. The molecule has 26 heavy (non-hydrogen) atoms. The van der Waals surface area contributed by atoms with Gasteiger partial charge in [-0.2, -0.15) is 18.3 Å². The second-order valence-corrected chi connectivity index (χ2v) is 6.78. The molecular weight excluding hydrogens is 421 g/mol. The van der Waals surface area contributed by atoms with Gasteiger partial charge >= 0.3 is 18.1 Å². The molecule has 0 spiro atoms.